The SMILES string of the molecule is C=C[C@H](C)C(NC(=O)C1CCCN1C(=O)CNC(=O)OCC(C)(C)COc1cccc(-c2nc3ccc4c(c3nc2OC)OCO4)c1)C(=O)NSC1(C)CC1. The predicted molar refractivity (Wildman–Crippen MR) is 206 cm³/mol. The summed E-state index contributed by atoms with van der Waals surface area (Å²) < 4.78 is 31.1. The second-order valence-electron chi connectivity index (χ2n) is 15.0. The molecule has 6 rings (SSSR count). The van der Waals surface area contributed by atoms with Crippen LogP contribution in [0.25, 0.3) is 22.3 Å². The number of ether oxygens (including phenoxy) is 5. The molecule has 15 nitrogen and oxygen atoms in total. The van der Waals surface area contributed by atoms with Crippen molar-refractivity contribution in [3.63, 3.8) is 0 Å². The molecule has 2 aliphatic heterocycles. The van der Waals surface area contributed by atoms with Crippen molar-refractivity contribution in [2.45, 2.75) is 70.2 Å². The third kappa shape index (κ3) is 9.53. The van der Waals surface area contributed by atoms with E-state index in [1.54, 1.807) is 19.1 Å². The van der Waals surface area contributed by atoms with E-state index >= 15 is 0 Å². The number of rotatable bonds is 16. The standard InChI is InChI=1S/C39H48N6O9S/c1-7-23(2)30(35(48)44-55-39(5)15-16-39)42-34(47)27-12-9-17-45(27)29(46)19-40-37(49)52-21-38(3,4)20-51-25-11-8-10-24(18-25)31-36(50-6)43-32-26(41-31)13-14-28-33(32)54-22-53-28/h7-8,10-11,13-14,18,23,27,30H,1,9,12,15-17,19-22H2,2-6H3,(H,40,49)(H,42,47)(H,44,48)/t23-,27?,30?/m0/s1. The van der Waals surface area contributed by atoms with E-state index in [9.17, 15) is 19.2 Å². The van der Waals surface area contributed by atoms with Gasteiger partial charge in [-0.25, -0.2) is 14.8 Å². The fourth-order valence-electron chi connectivity index (χ4n) is 6.09. The van der Waals surface area contributed by atoms with Crippen molar-refractivity contribution in [3.8, 4) is 34.4 Å². The van der Waals surface area contributed by atoms with E-state index in [1.165, 1.54) is 24.0 Å². The van der Waals surface area contributed by atoms with E-state index in [-0.39, 0.29) is 43.1 Å². The Labute approximate surface area is 324 Å². The van der Waals surface area contributed by atoms with E-state index in [4.69, 9.17) is 28.7 Å². The Morgan fingerprint density at radius 2 is 1.95 bits per heavy atom. The van der Waals surface area contributed by atoms with E-state index in [2.05, 4.69) is 33.8 Å². The number of carbonyl (C=O) groups excluding carboxylic acids is 4. The minimum atomic E-state index is -0.836. The molecule has 0 radical (unpaired) electrons. The molecule has 3 heterocycles. The first-order chi connectivity index (χ1) is 26.3. The number of aromatic nitrogens is 2. The van der Waals surface area contributed by atoms with Crippen LogP contribution >= 0.6 is 11.9 Å². The van der Waals surface area contributed by atoms with Gasteiger partial charge in [0.05, 0.1) is 19.2 Å². The summed E-state index contributed by atoms with van der Waals surface area (Å²) in [6, 6.07) is 9.37. The monoisotopic (exact) mass is 776 g/mol. The van der Waals surface area contributed by atoms with Crippen molar-refractivity contribution in [3.05, 3.63) is 49.1 Å². The van der Waals surface area contributed by atoms with Gasteiger partial charge in [-0.15, -0.1) is 6.58 Å². The van der Waals surface area contributed by atoms with Gasteiger partial charge in [-0.2, -0.15) is 0 Å². The lowest BCUT2D eigenvalue weighted by Gasteiger charge is -2.28. The zero-order chi connectivity index (χ0) is 39.3. The molecule has 1 saturated heterocycles. The van der Waals surface area contributed by atoms with Gasteiger partial charge in [0.25, 0.3) is 5.91 Å². The predicted octanol–water partition coefficient (Wildman–Crippen LogP) is 4.78. The summed E-state index contributed by atoms with van der Waals surface area (Å²) >= 11 is 1.37. The van der Waals surface area contributed by atoms with Gasteiger partial charge in [-0.05, 0) is 68.8 Å². The third-order valence-electron chi connectivity index (χ3n) is 9.75. The molecule has 3 aliphatic rings. The molecule has 2 fully saturated rings. The second kappa shape index (κ2) is 16.6. The minimum Gasteiger partial charge on any atom is -0.493 e. The fraction of sp³-hybridized carbons (Fsp3) is 0.487. The Morgan fingerprint density at radius 1 is 1.15 bits per heavy atom. The van der Waals surface area contributed by atoms with Gasteiger partial charge >= 0.3 is 6.09 Å². The van der Waals surface area contributed by atoms with Crippen molar-refractivity contribution >= 4 is 46.8 Å². The summed E-state index contributed by atoms with van der Waals surface area (Å²) in [4.78, 5) is 63.1. The molecular weight excluding hydrogens is 729 g/mol. The lowest BCUT2D eigenvalue weighted by Crippen LogP contribution is -2.55. The van der Waals surface area contributed by atoms with Gasteiger partial charge in [0.2, 0.25) is 24.5 Å². The van der Waals surface area contributed by atoms with E-state index in [0.29, 0.717) is 59.2 Å². The van der Waals surface area contributed by atoms with Crippen LogP contribution in [0.4, 0.5) is 4.79 Å². The summed E-state index contributed by atoms with van der Waals surface area (Å²) in [7, 11) is 1.52. The molecule has 294 valence electrons. The number of hydrogen-bond acceptors (Lipinski definition) is 12. The van der Waals surface area contributed by atoms with Crippen LogP contribution in [0.1, 0.15) is 53.4 Å². The van der Waals surface area contributed by atoms with Crippen molar-refractivity contribution in [1.29, 1.82) is 0 Å². The van der Waals surface area contributed by atoms with Crippen LogP contribution < -0.4 is 34.3 Å². The minimum absolute atomic E-state index is 0.00389. The highest BCUT2D eigenvalue weighted by Gasteiger charge is 2.41. The first-order valence-electron chi connectivity index (χ1n) is 18.3. The van der Waals surface area contributed by atoms with Crippen LogP contribution in [0.5, 0.6) is 23.1 Å². The van der Waals surface area contributed by atoms with Gasteiger partial charge < -0.3 is 39.2 Å². The Balaban J connectivity index is 0.976. The molecule has 2 aromatic carbocycles. The van der Waals surface area contributed by atoms with Crippen LogP contribution in [-0.4, -0.2) is 95.7 Å². The van der Waals surface area contributed by atoms with Gasteiger partial charge in [0.1, 0.15) is 42.2 Å². The summed E-state index contributed by atoms with van der Waals surface area (Å²) in [5.41, 5.74) is 1.82. The summed E-state index contributed by atoms with van der Waals surface area (Å²) in [6.07, 6.45) is 3.94. The molecule has 4 amide bonds. The quantitative estimate of drug-likeness (QED) is 0.134. The Morgan fingerprint density at radius 3 is 2.69 bits per heavy atom. The maximum atomic E-state index is 13.4. The smallest absolute Gasteiger partial charge is 0.407 e. The molecule has 3 aromatic rings. The van der Waals surface area contributed by atoms with Crippen molar-refractivity contribution in [2.75, 3.05) is 40.2 Å². The first kappa shape index (κ1) is 39.4. The van der Waals surface area contributed by atoms with Crippen molar-refractivity contribution in [2.24, 2.45) is 11.3 Å². The summed E-state index contributed by atoms with van der Waals surface area (Å²) in [5, 5.41) is 5.34. The molecule has 3 atom stereocenters. The summed E-state index contributed by atoms with van der Waals surface area (Å²) in [5.74, 6) is 0.525. The lowest BCUT2D eigenvalue weighted by atomic mass is 9.96. The lowest BCUT2D eigenvalue weighted by molar-refractivity contribution is -0.139. The molecule has 0 spiro atoms. The van der Waals surface area contributed by atoms with Crippen molar-refractivity contribution in [1.82, 2.24) is 30.2 Å². The number of likely N-dealkylation sites (tertiary alicyclic amines) is 1. The number of nitrogens with zero attached hydrogens (tertiary/aromatic N) is 3. The van der Waals surface area contributed by atoms with Crippen LogP contribution in [-0.2, 0) is 19.1 Å². The Kier molecular flexibility index (Phi) is 11.9. The summed E-state index contributed by atoms with van der Waals surface area (Å²) in [6.45, 7) is 11.8. The normalized spacial score (nSPS) is 17.8. The van der Waals surface area contributed by atoms with E-state index < -0.39 is 35.4 Å². The maximum Gasteiger partial charge on any atom is 0.407 e. The number of fused-ring (bicyclic) bond motifs is 3. The molecule has 3 N–H and O–H groups in total. The topological polar surface area (TPSA) is 180 Å². The number of carbonyl (C=O) groups is 4. The molecule has 0 bridgehead atoms. The van der Waals surface area contributed by atoms with Gasteiger partial charge in [-0.1, -0.05) is 39.0 Å². The van der Waals surface area contributed by atoms with Crippen LogP contribution in [0.3, 0.4) is 0 Å². The zero-order valence-electron chi connectivity index (χ0n) is 31.8. The number of amides is 4. The Bertz CT molecular complexity index is 1950. The van der Waals surface area contributed by atoms with Crippen molar-refractivity contribution < 1.29 is 42.9 Å². The van der Waals surface area contributed by atoms with E-state index in [0.717, 1.165) is 18.4 Å². The highest BCUT2D eigenvalue weighted by atomic mass is 32.2. The fourth-order valence-corrected chi connectivity index (χ4v) is 6.87. The third-order valence-corrected chi connectivity index (χ3v) is 11.0. The molecule has 1 saturated carbocycles. The molecular formula is C39H48N6O9S. The maximum absolute atomic E-state index is 13.4. The number of hydrogen-bond donors (Lipinski definition) is 3. The molecule has 2 unspecified atom stereocenters. The second-order valence-corrected chi connectivity index (χ2v) is 16.4. The van der Waals surface area contributed by atoms with E-state index in [1.807, 2.05) is 44.2 Å². The number of alkyl carbamates (subject to hydrolysis) is 1. The highest BCUT2D eigenvalue weighted by molar-refractivity contribution is 7.99. The van der Waals surface area contributed by atoms with Crippen LogP contribution in [0.15, 0.2) is 49.1 Å². The molecule has 16 heteroatoms. The first-order valence-corrected chi connectivity index (χ1v) is 19.1. The van der Waals surface area contributed by atoms with Crippen LogP contribution in [0.2, 0.25) is 0 Å². The molecule has 1 aliphatic carbocycles. The number of methoxy groups -OCH3 is 1. The number of nitrogens with one attached hydrogen (secondary N) is 3. The molecule has 1 aromatic heterocycles. The average molecular weight is 777 g/mol. The van der Waals surface area contributed by atoms with Gasteiger partial charge in [-0.3, -0.25) is 19.1 Å². The zero-order valence-corrected chi connectivity index (χ0v) is 32.6. The van der Waals surface area contributed by atoms with Gasteiger partial charge in [0.15, 0.2) is 11.5 Å². The average Bonchev–Trinajstić information content (AvgIpc) is 3.52. The number of benzene rings is 2. The largest absolute Gasteiger partial charge is 0.493 e. The van der Waals surface area contributed by atoms with Gasteiger partial charge in [0, 0.05) is 28.2 Å². The Hall–Kier alpha value is -5.25. The molecule has 55 heavy (non-hydrogen) atoms. The van der Waals surface area contributed by atoms with Crippen LogP contribution in [0, 0.1) is 11.3 Å². The highest BCUT2D eigenvalue weighted by Crippen LogP contribution is 2.46.